The van der Waals surface area contributed by atoms with Gasteiger partial charge >= 0.3 is 0 Å². The lowest BCUT2D eigenvalue weighted by Gasteiger charge is -2.16. The van der Waals surface area contributed by atoms with E-state index in [1.165, 1.54) is 16.7 Å². The molecule has 18 heavy (non-hydrogen) atoms. The number of nitrogens with two attached hydrogens (primary N) is 1. The van der Waals surface area contributed by atoms with Crippen molar-refractivity contribution in [2.75, 3.05) is 6.61 Å². The van der Waals surface area contributed by atoms with E-state index in [0.29, 0.717) is 0 Å². The average Bonchev–Trinajstić information content (AvgIpc) is 3.06. The zero-order valence-electron chi connectivity index (χ0n) is 10.1. The van der Waals surface area contributed by atoms with E-state index in [1.54, 1.807) is 11.3 Å². The van der Waals surface area contributed by atoms with Crippen molar-refractivity contribution in [1.82, 2.24) is 5.43 Å². The number of fused-ring (bicyclic) bond motifs is 1. The summed E-state index contributed by atoms with van der Waals surface area (Å²) in [5.74, 6) is 6.71. The van der Waals surface area contributed by atoms with E-state index >= 15 is 0 Å². The van der Waals surface area contributed by atoms with Crippen molar-refractivity contribution >= 4 is 11.3 Å². The lowest BCUT2D eigenvalue weighted by Crippen LogP contribution is -2.29. The molecule has 1 atom stereocenters. The summed E-state index contributed by atoms with van der Waals surface area (Å²) >= 11 is 1.72. The molecule has 0 saturated carbocycles. The summed E-state index contributed by atoms with van der Waals surface area (Å²) in [6, 6.07) is 8.66. The fourth-order valence-electron chi connectivity index (χ4n) is 2.34. The van der Waals surface area contributed by atoms with Crippen LogP contribution >= 0.6 is 11.3 Å². The summed E-state index contributed by atoms with van der Waals surface area (Å²) in [4.78, 5) is 0. The second-order valence-corrected chi connectivity index (χ2v) is 5.30. The van der Waals surface area contributed by atoms with Gasteiger partial charge in [-0.05, 0) is 46.0 Å². The Hall–Kier alpha value is -1.36. The largest absolute Gasteiger partial charge is 0.493 e. The number of nitrogens with one attached hydrogen (secondary N) is 1. The Kier molecular flexibility index (Phi) is 3.32. The number of benzene rings is 1. The van der Waals surface area contributed by atoms with E-state index in [4.69, 9.17) is 10.6 Å². The monoisotopic (exact) mass is 260 g/mol. The Labute approximate surface area is 111 Å². The topological polar surface area (TPSA) is 47.3 Å². The van der Waals surface area contributed by atoms with E-state index < -0.39 is 0 Å². The molecule has 2 aromatic rings. The molecular formula is C14H16N2OS. The zero-order valence-corrected chi connectivity index (χ0v) is 10.9. The van der Waals surface area contributed by atoms with Gasteiger partial charge in [-0.2, -0.15) is 11.3 Å². The number of hydrogen-bond donors (Lipinski definition) is 2. The molecule has 0 radical (unpaired) electrons. The molecule has 1 aromatic carbocycles. The maximum atomic E-state index is 5.69. The maximum Gasteiger partial charge on any atom is 0.122 e. The highest BCUT2D eigenvalue weighted by atomic mass is 32.1. The van der Waals surface area contributed by atoms with Gasteiger partial charge in [0.2, 0.25) is 0 Å². The van der Waals surface area contributed by atoms with Crippen molar-refractivity contribution in [3.63, 3.8) is 0 Å². The Bertz CT molecular complexity index is 525. The van der Waals surface area contributed by atoms with Gasteiger partial charge in [-0.1, -0.05) is 12.1 Å². The summed E-state index contributed by atoms with van der Waals surface area (Å²) in [5.41, 5.74) is 6.75. The molecule has 4 heteroatoms. The van der Waals surface area contributed by atoms with Crippen LogP contribution in [0.1, 0.15) is 22.7 Å². The van der Waals surface area contributed by atoms with Crippen molar-refractivity contribution in [3.8, 4) is 5.75 Å². The lowest BCUT2D eigenvalue weighted by molar-refractivity contribution is 0.356. The third-order valence-corrected chi connectivity index (χ3v) is 4.07. The molecule has 0 spiro atoms. The first-order valence-corrected chi connectivity index (χ1v) is 7.04. The van der Waals surface area contributed by atoms with Gasteiger partial charge in [0.15, 0.2) is 0 Å². The molecule has 1 aromatic heterocycles. The molecule has 2 heterocycles. The van der Waals surface area contributed by atoms with Crippen molar-refractivity contribution < 1.29 is 4.74 Å². The fourth-order valence-corrected chi connectivity index (χ4v) is 3.02. The van der Waals surface area contributed by atoms with Crippen LogP contribution in [0.2, 0.25) is 0 Å². The second-order valence-electron chi connectivity index (χ2n) is 4.52. The third-order valence-electron chi connectivity index (χ3n) is 3.34. The Morgan fingerprint density at radius 2 is 2.33 bits per heavy atom. The fraction of sp³-hybridized carbons (Fsp3) is 0.286. The van der Waals surface area contributed by atoms with Crippen molar-refractivity contribution in [2.24, 2.45) is 5.84 Å². The van der Waals surface area contributed by atoms with E-state index in [2.05, 4.69) is 40.5 Å². The normalized spacial score (nSPS) is 15.2. The minimum Gasteiger partial charge on any atom is -0.493 e. The van der Waals surface area contributed by atoms with Crippen LogP contribution in [0.25, 0.3) is 0 Å². The van der Waals surface area contributed by atoms with Gasteiger partial charge in [0.25, 0.3) is 0 Å². The molecule has 0 aliphatic carbocycles. The molecule has 1 aliphatic rings. The zero-order chi connectivity index (χ0) is 12.4. The molecule has 3 N–H and O–H groups in total. The van der Waals surface area contributed by atoms with E-state index in [0.717, 1.165) is 25.2 Å². The molecule has 0 bridgehead atoms. The third kappa shape index (κ3) is 2.27. The first kappa shape index (κ1) is 11.7. The SMILES string of the molecule is NNC(Cc1ccsc1)c1ccc2c(c1)CCO2. The molecule has 1 aliphatic heterocycles. The van der Waals surface area contributed by atoms with Crippen LogP contribution in [-0.4, -0.2) is 6.61 Å². The average molecular weight is 260 g/mol. The lowest BCUT2D eigenvalue weighted by atomic mass is 9.98. The molecule has 3 nitrogen and oxygen atoms in total. The first-order valence-electron chi connectivity index (χ1n) is 6.09. The first-order chi connectivity index (χ1) is 8.86. The Morgan fingerprint density at radius 1 is 1.39 bits per heavy atom. The molecule has 1 unspecified atom stereocenters. The highest BCUT2D eigenvalue weighted by Gasteiger charge is 2.16. The van der Waals surface area contributed by atoms with E-state index in [9.17, 15) is 0 Å². The van der Waals surface area contributed by atoms with Gasteiger partial charge < -0.3 is 4.74 Å². The molecule has 94 valence electrons. The number of rotatable bonds is 4. The number of thiophene rings is 1. The van der Waals surface area contributed by atoms with Gasteiger partial charge in [-0.25, -0.2) is 0 Å². The predicted octanol–water partition coefficient (Wildman–Crippen LogP) is 2.43. The molecule has 0 saturated heterocycles. The van der Waals surface area contributed by atoms with Gasteiger partial charge in [0.05, 0.1) is 12.6 Å². The second kappa shape index (κ2) is 5.10. The quantitative estimate of drug-likeness (QED) is 0.655. The Morgan fingerprint density at radius 3 is 3.11 bits per heavy atom. The van der Waals surface area contributed by atoms with Crippen molar-refractivity contribution in [1.29, 1.82) is 0 Å². The van der Waals surface area contributed by atoms with Crippen LogP contribution in [0.3, 0.4) is 0 Å². The van der Waals surface area contributed by atoms with Gasteiger partial charge in [0, 0.05) is 6.42 Å². The van der Waals surface area contributed by atoms with Crippen LogP contribution in [-0.2, 0) is 12.8 Å². The predicted molar refractivity (Wildman–Crippen MR) is 73.7 cm³/mol. The van der Waals surface area contributed by atoms with Crippen molar-refractivity contribution in [3.05, 3.63) is 51.7 Å². The highest BCUT2D eigenvalue weighted by molar-refractivity contribution is 7.07. The smallest absolute Gasteiger partial charge is 0.122 e. The minimum atomic E-state index is 0.158. The maximum absolute atomic E-state index is 5.69. The van der Waals surface area contributed by atoms with Crippen LogP contribution in [0.15, 0.2) is 35.0 Å². The number of hydrazine groups is 1. The van der Waals surface area contributed by atoms with E-state index in [1.807, 2.05) is 0 Å². The Balaban J connectivity index is 1.83. The highest BCUT2D eigenvalue weighted by Crippen LogP contribution is 2.29. The molecule has 0 fully saturated rings. The van der Waals surface area contributed by atoms with Crippen LogP contribution in [0.5, 0.6) is 5.75 Å². The van der Waals surface area contributed by atoms with Gasteiger partial charge in [-0.3, -0.25) is 11.3 Å². The standard InChI is InChI=1S/C14H16N2OS/c15-16-13(7-10-4-6-18-9-10)11-1-2-14-12(8-11)3-5-17-14/h1-2,4,6,8-9,13,16H,3,5,7,15H2. The van der Waals surface area contributed by atoms with Gasteiger partial charge in [0.1, 0.15) is 5.75 Å². The summed E-state index contributed by atoms with van der Waals surface area (Å²) in [6.07, 6.45) is 1.92. The van der Waals surface area contributed by atoms with Crippen LogP contribution < -0.4 is 16.0 Å². The minimum absolute atomic E-state index is 0.158. The molecule has 3 rings (SSSR count). The van der Waals surface area contributed by atoms with Crippen LogP contribution in [0, 0.1) is 0 Å². The number of hydrogen-bond acceptors (Lipinski definition) is 4. The van der Waals surface area contributed by atoms with E-state index in [-0.39, 0.29) is 6.04 Å². The van der Waals surface area contributed by atoms with Crippen LogP contribution in [0.4, 0.5) is 0 Å². The summed E-state index contributed by atoms with van der Waals surface area (Å²) in [6.45, 7) is 0.796. The number of ether oxygens (including phenoxy) is 1. The van der Waals surface area contributed by atoms with Crippen molar-refractivity contribution in [2.45, 2.75) is 18.9 Å². The summed E-state index contributed by atoms with van der Waals surface area (Å²) in [7, 11) is 0. The molecule has 0 amide bonds. The summed E-state index contributed by atoms with van der Waals surface area (Å²) in [5, 5.41) is 4.26. The molecular weight excluding hydrogens is 244 g/mol. The summed E-state index contributed by atoms with van der Waals surface area (Å²) < 4.78 is 5.52. The van der Waals surface area contributed by atoms with Gasteiger partial charge in [-0.15, -0.1) is 0 Å².